The summed E-state index contributed by atoms with van der Waals surface area (Å²) < 4.78 is 5.18. The summed E-state index contributed by atoms with van der Waals surface area (Å²) >= 11 is 0. The van der Waals surface area contributed by atoms with Gasteiger partial charge in [-0.15, -0.1) is 0 Å². The normalized spacial score (nSPS) is 12.1. The Bertz CT molecular complexity index is 506. The van der Waals surface area contributed by atoms with Gasteiger partial charge in [0.05, 0.1) is 12.2 Å². The summed E-state index contributed by atoms with van der Waals surface area (Å²) in [5.41, 5.74) is 7.26. The van der Waals surface area contributed by atoms with Crippen LogP contribution in [0.3, 0.4) is 0 Å². The van der Waals surface area contributed by atoms with Crippen molar-refractivity contribution in [2.45, 2.75) is 19.4 Å². The van der Waals surface area contributed by atoms with E-state index in [0.29, 0.717) is 17.9 Å². The van der Waals surface area contributed by atoms with Gasteiger partial charge in [0, 0.05) is 11.3 Å². The molecule has 2 aromatic rings. The van der Waals surface area contributed by atoms with Crippen LogP contribution >= 0.6 is 0 Å². The predicted molar refractivity (Wildman–Crippen MR) is 68.8 cm³/mol. The van der Waals surface area contributed by atoms with Gasteiger partial charge in [0.2, 0.25) is 5.91 Å². The molecule has 1 heterocycles. The van der Waals surface area contributed by atoms with Crippen LogP contribution in [0.4, 0.5) is 5.69 Å². The Morgan fingerprint density at radius 1 is 1.44 bits per heavy atom. The third-order valence-corrected chi connectivity index (χ3v) is 2.65. The summed E-state index contributed by atoms with van der Waals surface area (Å²) in [5.74, 6) is 0.517. The van der Waals surface area contributed by atoms with Crippen LogP contribution in [0.25, 0.3) is 11.3 Å². The predicted octanol–water partition coefficient (Wildman–Crippen LogP) is 2.02. The largest absolute Gasteiger partial charge is 0.444 e. The molecule has 0 saturated carbocycles. The molecule has 94 valence electrons. The summed E-state index contributed by atoms with van der Waals surface area (Å²) in [7, 11) is 0. The molecule has 5 heteroatoms. The highest BCUT2D eigenvalue weighted by molar-refractivity contribution is 5.94. The lowest BCUT2D eigenvalue weighted by Crippen LogP contribution is -2.34. The Morgan fingerprint density at radius 2 is 2.17 bits per heavy atom. The Hall–Kier alpha value is -2.14. The van der Waals surface area contributed by atoms with Crippen LogP contribution < -0.4 is 11.1 Å². The number of aromatic nitrogens is 1. The Balaban J connectivity index is 2.06. The molecule has 0 fully saturated rings. The second-order valence-corrected chi connectivity index (χ2v) is 3.95. The zero-order valence-corrected chi connectivity index (χ0v) is 10.1. The van der Waals surface area contributed by atoms with Crippen LogP contribution in [0.15, 0.2) is 41.3 Å². The number of anilines is 1. The minimum absolute atomic E-state index is 0.176. The average molecular weight is 245 g/mol. The van der Waals surface area contributed by atoms with Gasteiger partial charge >= 0.3 is 0 Å². The number of amides is 1. The van der Waals surface area contributed by atoms with E-state index in [9.17, 15) is 4.79 Å². The molecule has 0 radical (unpaired) electrons. The van der Waals surface area contributed by atoms with Crippen LogP contribution in [-0.2, 0) is 4.79 Å². The lowest BCUT2D eigenvalue weighted by atomic mass is 10.1. The molecule has 1 aromatic carbocycles. The number of carbonyl (C=O) groups excluding carboxylic acids is 1. The second kappa shape index (κ2) is 5.46. The molecule has 0 aliphatic carbocycles. The van der Waals surface area contributed by atoms with Gasteiger partial charge in [0.15, 0.2) is 12.2 Å². The van der Waals surface area contributed by atoms with Crippen LogP contribution in [0.5, 0.6) is 0 Å². The highest BCUT2D eigenvalue weighted by Crippen LogP contribution is 2.20. The van der Waals surface area contributed by atoms with Gasteiger partial charge < -0.3 is 15.5 Å². The number of benzene rings is 1. The lowest BCUT2D eigenvalue weighted by Gasteiger charge is -2.10. The van der Waals surface area contributed by atoms with E-state index in [1.54, 1.807) is 18.3 Å². The van der Waals surface area contributed by atoms with Crippen molar-refractivity contribution in [3.05, 3.63) is 36.9 Å². The highest BCUT2D eigenvalue weighted by Gasteiger charge is 2.10. The van der Waals surface area contributed by atoms with E-state index in [0.717, 1.165) is 5.56 Å². The van der Waals surface area contributed by atoms with Crippen molar-refractivity contribution < 1.29 is 9.21 Å². The van der Waals surface area contributed by atoms with Crippen LogP contribution in [0.2, 0.25) is 0 Å². The molecule has 0 aliphatic rings. The zero-order valence-electron chi connectivity index (χ0n) is 10.1. The first kappa shape index (κ1) is 12.3. The summed E-state index contributed by atoms with van der Waals surface area (Å²) in [5, 5.41) is 2.75. The lowest BCUT2D eigenvalue weighted by molar-refractivity contribution is -0.117. The van der Waals surface area contributed by atoms with E-state index in [1.807, 2.05) is 19.1 Å². The second-order valence-electron chi connectivity index (χ2n) is 3.95. The maximum absolute atomic E-state index is 11.6. The highest BCUT2D eigenvalue weighted by atomic mass is 16.3. The standard InChI is InChI=1S/C13H15N3O2/c1-2-11(14)13(17)16-10-5-3-9(4-6-10)12-7-15-8-18-12/h3-8,11H,2,14H2,1H3,(H,16,17). The van der Waals surface area contributed by atoms with Gasteiger partial charge in [-0.3, -0.25) is 4.79 Å². The number of oxazole rings is 1. The van der Waals surface area contributed by atoms with Crippen molar-refractivity contribution in [3.8, 4) is 11.3 Å². The molecule has 0 spiro atoms. The van der Waals surface area contributed by atoms with Crippen LogP contribution in [0.1, 0.15) is 13.3 Å². The minimum Gasteiger partial charge on any atom is -0.444 e. The van der Waals surface area contributed by atoms with Gasteiger partial charge in [-0.05, 0) is 30.7 Å². The minimum atomic E-state index is -0.473. The third kappa shape index (κ3) is 2.75. The van der Waals surface area contributed by atoms with Gasteiger partial charge in [-0.1, -0.05) is 6.92 Å². The van der Waals surface area contributed by atoms with E-state index in [2.05, 4.69) is 10.3 Å². The fourth-order valence-electron chi connectivity index (χ4n) is 1.50. The fourth-order valence-corrected chi connectivity index (χ4v) is 1.50. The Morgan fingerprint density at radius 3 is 2.72 bits per heavy atom. The molecule has 5 nitrogen and oxygen atoms in total. The van der Waals surface area contributed by atoms with Crippen molar-refractivity contribution in [1.29, 1.82) is 0 Å². The van der Waals surface area contributed by atoms with Crippen LogP contribution in [0, 0.1) is 0 Å². The number of nitrogens with zero attached hydrogens (tertiary/aromatic N) is 1. The summed E-state index contributed by atoms with van der Waals surface area (Å²) in [6.45, 7) is 1.87. The number of hydrogen-bond acceptors (Lipinski definition) is 4. The topological polar surface area (TPSA) is 81.2 Å². The van der Waals surface area contributed by atoms with E-state index < -0.39 is 6.04 Å². The fraction of sp³-hybridized carbons (Fsp3) is 0.231. The van der Waals surface area contributed by atoms with Gasteiger partial charge in [0.25, 0.3) is 0 Å². The molecule has 0 aliphatic heterocycles. The monoisotopic (exact) mass is 245 g/mol. The molecule has 2 rings (SSSR count). The quantitative estimate of drug-likeness (QED) is 0.863. The van der Waals surface area contributed by atoms with Crippen LogP contribution in [-0.4, -0.2) is 16.9 Å². The van der Waals surface area contributed by atoms with Gasteiger partial charge in [0.1, 0.15) is 0 Å². The number of rotatable bonds is 4. The van der Waals surface area contributed by atoms with Crippen molar-refractivity contribution in [3.63, 3.8) is 0 Å². The number of nitrogens with one attached hydrogen (secondary N) is 1. The maximum atomic E-state index is 11.6. The molecular formula is C13H15N3O2. The van der Waals surface area contributed by atoms with Crippen molar-refractivity contribution in [2.75, 3.05) is 5.32 Å². The number of nitrogens with two attached hydrogens (primary N) is 1. The molecule has 1 unspecified atom stereocenters. The number of hydrogen-bond donors (Lipinski definition) is 2. The Labute approximate surface area is 105 Å². The zero-order chi connectivity index (χ0) is 13.0. The molecule has 1 amide bonds. The Kier molecular flexibility index (Phi) is 3.74. The maximum Gasteiger partial charge on any atom is 0.241 e. The molecular weight excluding hydrogens is 230 g/mol. The SMILES string of the molecule is CCC(N)C(=O)Nc1ccc(-c2cnco2)cc1. The third-order valence-electron chi connectivity index (χ3n) is 2.65. The summed E-state index contributed by atoms with van der Waals surface area (Å²) in [6.07, 6.45) is 3.63. The smallest absolute Gasteiger partial charge is 0.241 e. The van der Waals surface area contributed by atoms with Gasteiger partial charge in [-0.2, -0.15) is 0 Å². The van der Waals surface area contributed by atoms with Crippen molar-refractivity contribution >= 4 is 11.6 Å². The first-order chi connectivity index (χ1) is 8.70. The first-order valence-corrected chi connectivity index (χ1v) is 5.76. The first-order valence-electron chi connectivity index (χ1n) is 5.76. The molecule has 0 bridgehead atoms. The van der Waals surface area contributed by atoms with Crippen molar-refractivity contribution in [2.24, 2.45) is 5.73 Å². The molecule has 1 atom stereocenters. The van der Waals surface area contributed by atoms with E-state index in [-0.39, 0.29) is 5.91 Å². The van der Waals surface area contributed by atoms with E-state index >= 15 is 0 Å². The molecule has 18 heavy (non-hydrogen) atoms. The average Bonchev–Trinajstić information content (AvgIpc) is 2.92. The van der Waals surface area contributed by atoms with E-state index in [1.165, 1.54) is 6.39 Å². The molecule has 1 aromatic heterocycles. The van der Waals surface area contributed by atoms with Gasteiger partial charge in [-0.25, -0.2) is 4.98 Å². The summed E-state index contributed by atoms with van der Waals surface area (Å²) in [4.78, 5) is 15.4. The molecule has 0 saturated heterocycles. The summed E-state index contributed by atoms with van der Waals surface area (Å²) in [6, 6.07) is 6.84. The van der Waals surface area contributed by atoms with Crippen molar-refractivity contribution in [1.82, 2.24) is 4.98 Å². The molecule has 3 N–H and O–H groups in total. The van der Waals surface area contributed by atoms with E-state index in [4.69, 9.17) is 10.2 Å². The number of carbonyl (C=O) groups is 1.